The third-order valence-electron chi connectivity index (χ3n) is 19.8. The van der Waals surface area contributed by atoms with E-state index in [2.05, 4.69) is 37.2 Å². The van der Waals surface area contributed by atoms with Crippen LogP contribution in [0.2, 0.25) is 10.0 Å². The summed E-state index contributed by atoms with van der Waals surface area (Å²) in [7, 11) is -3.29. The second-order valence-electron chi connectivity index (χ2n) is 29.0. The number of hydrogen-bond acceptors (Lipinski definition) is 27. The number of phenolic OH excluding ortho intramolecular Hbond substituents is 3. The summed E-state index contributed by atoms with van der Waals surface area (Å²) in [6, 6.07) is 1.96. The summed E-state index contributed by atoms with van der Waals surface area (Å²) in [5, 5.41) is 122. The van der Waals surface area contributed by atoms with Crippen molar-refractivity contribution in [2.45, 2.75) is 182 Å². The number of aryl methyl sites for hydroxylation is 3. The largest absolute Gasteiger partial charge is 0.508 e. The van der Waals surface area contributed by atoms with Crippen molar-refractivity contribution >= 4 is 80.6 Å². The Kier molecular flexibility index (Phi) is 24.9. The first-order valence-electron chi connectivity index (χ1n) is 35.5. The Bertz CT molecular complexity index is 4860. The van der Waals surface area contributed by atoms with Gasteiger partial charge in [0.05, 0.1) is 46.2 Å². The maximum Gasteiger partial charge on any atom is 0.330 e. The monoisotopic (exact) mass is 1630 g/mol. The van der Waals surface area contributed by atoms with Crippen LogP contribution in [0.5, 0.6) is 46.0 Å². The molecule has 0 saturated carbocycles. The molecule has 20 N–H and O–H groups in total. The number of fused-ring (bicyclic) bond motifs is 15. The zero-order valence-corrected chi connectivity index (χ0v) is 64.0. The van der Waals surface area contributed by atoms with E-state index in [1.807, 2.05) is 13.8 Å². The number of aliphatic hydroxyl groups excluding tert-OH is 5. The number of nitrogens with two attached hydrogens (primary N) is 2. The van der Waals surface area contributed by atoms with Crippen molar-refractivity contribution in [2.75, 3.05) is 13.7 Å². The van der Waals surface area contributed by atoms with E-state index in [1.54, 1.807) is 19.1 Å². The number of carboxylic acid groups (broad SMARTS) is 1. The second kappa shape index (κ2) is 33.6. The lowest BCUT2D eigenvalue weighted by atomic mass is 9.86. The van der Waals surface area contributed by atoms with Crippen molar-refractivity contribution in [1.29, 1.82) is 0 Å². The molecule has 13 rings (SSSR count). The first-order chi connectivity index (χ1) is 53.1. The molecule has 7 aliphatic rings. The Labute approximate surface area is 655 Å². The maximum absolute atomic E-state index is 16.2. The normalized spacial score (nSPS) is 27.7. The number of benzene rings is 6. The molecule has 7 heterocycles. The van der Waals surface area contributed by atoms with Crippen molar-refractivity contribution < 1.29 is 125 Å². The van der Waals surface area contributed by atoms with Crippen LogP contribution < -0.4 is 62.9 Å². The van der Waals surface area contributed by atoms with Gasteiger partial charge in [-0.05, 0) is 142 Å². The van der Waals surface area contributed by atoms with Crippen LogP contribution in [0.1, 0.15) is 122 Å². The van der Waals surface area contributed by atoms with Crippen molar-refractivity contribution in [2.24, 2.45) is 17.4 Å². The molecule has 7 aliphatic heterocycles. The minimum Gasteiger partial charge on any atom is -0.508 e. The number of aliphatic carboxylic acids is 1. The zero-order valence-electron chi connectivity index (χ0n) is 61.7. The Hall–Kier alpha value is -10.0. The highest BCUT2D eigenvalue weighted by molar-refractivity contribution is 7.86. The standard InChI is InChI=1S/C75H85Cl2N9O26S/c1-28(2)15-42(80-8)67(96)85-57-59(91)34-10-13-46(40(76)19-34)108-48-21-36-22-49(63(48)112-74-64(111-52-26-75(7,79)66(95)32(6)107-52)62(94)61(93)50(110-74)27-106-113(104,105)65-30(4)16-29(3)17-31(65)5)109-47-14-11-35(20-41(47)77)60(92)58-72(101)84-56(73(102)103)39-23-37(87)24-45(89)53(39)38-18-33(9-12-44(38)88)54(69(98)86-58)83-70(99)55(36)82-68(97)43(25-51(78)90)81-71(57)100/h9-14,16-24,28,32,42-43,50,52,54-62,64,66,74,80,87-89,91-95H,15,25-27,79H2,1-8H3,(H2,78,90)(H,81,100)(H,82,97)(H,83,99)(H,84,101)(H,85,96)(H,86,98)(H,102,103)/t32?,42-,43+,50?,52?,54?,55-,56-,57-,58+,59-,60-,61?,62?,64?,66?,74?,75?/m1/s1. The van der Waals surface area contributed by atoms with Gasteiger partial charge in [-0.1, -0.05) is 72.9 Å². The van der Waals surface area contributed by atoms with Gasteiger partial charge in [0.2, 0.25) is 53.4 Å². The van der Waals surface area contributed by atoms with Crippen LogP contribution in [0, 0.1) is 26.7 Å². The predicted octanol–water partition coefficient (Wildman–Crippen LogP) is 2.44. The van der Waals surface area contributed by atoms with Crippen LogP contribution in [0.25, 0.3) is 11.1 Å². The van der Waals surface area contributed by atoms with Gasteiger partial charge in [0.15, 0.2) is 29.9 Å². The summed E-state index contributed by atoms with van der Waals surface area (Å²) in [4.78, 5) is 118. The molecule has 0 spiro atoms. The lowest BCUT2D eigenvalue weighted by Gasteiger charge is -2.47. The minimum absolute atomic E-state index is 0.122. The van der Waals surface area contributed by atoms with E-state index in [-0.39, 0.29) is 51.5 Å². The molecule has 2 saturated heterocycles. The quantitative estimate of drug-likeness (QED) is 0.0619. The number of carbonyl (C=O) groups excluding carboxylic acids is 7. The van der Waals surface area contributed by atoms with Gasteiger partial charge in [0.25, 0.3) is 10.1 Å². The number of primary amides is 1. The van der Waals surface area contributed by atoms with Gasteiger partial charge >= 0.3 is 5.97 Å². The van der Waals surface area contributed by atoms with Gasteiger partial charge in [-0.15, -0.1) is 0 Å². The van der Waals surface area contributed by atoms with Crippen LogP contribution in [0.15, 0.2) is 95.9 Å². The zero-order chi connectivity index (χ0) is 82.5. The van der Waals surface area contributed by atoms with Crippen molar-refractivity contribution in [3.05, 3.63) is 146 Å². The molecule has 10 unspecified atom stereocenters. The fraction of sp³-hybridized carbons (Fsp3) is 0.413. The fourth-order valence-corrected chi connectivity index (χ4v) is 16.0. The number of phenols is 3. The Morgan fingerprint density at radius 2 is 1.29 bits per heavy atom. The third-order valence-corrected chi connectivity index (χ3v) is 22.0. The van der Waals surface area contributed by atoms with Crippen molar-refractivity contribution in [3.8, 4) is 57.1 Å². The SMILES string of the molecule is CN[C@H](CC(C)C)C(=O)N[C@H]1C(=O)N[C@@H](CC(N)=O)C(=O)N[C@H]2C(=O)NC3C(=O)N[C@H](C(=O)N[C@@H](C(=O)O)c4cc(O)cc(O)c4-c4cc3ccc4O)[C@H](O)c3ccc(c(Cl)c3)Oc3cc2cc(c3OC2OC(COS(=O)(=O)c3c(C)cc(C)cc3C)C(O)C(O)C2OC2CC(C)(N)C(O)C(C)O2)Oc2ccc(cc2Cl)[C@H]1O. The van der Waals surface area contributed by atoms with Crippen LogP contribution >= 0.6 is 23.2 Å². The molecular formula is C75H85Cl2N9O26S. The van der Waals surface area contributed by atoms with Crippen LogP contribution in [0.3, 0.4) is 0 Å². The summed E-state index contributed by atoms with van der Waals surface area (Å²) >= 11 is 14.3. The van der Waals surface area contributed by atoms with Crippen molar-refractivity contribution in [3.63, 3.8) is 0 Å². The number of halogens is 2. The Balaban J connectivity index is 1.17. The van der Waals surface area contributed by atoms with Crippen LogP contribution in [0.4, 0.5) is 0 Å². The first-order valence-corrected chi connectivity index (χ1v) is 37.6. The summed E-state index contributed by atoms with van der Waals surface area (Å²) in [6.07, 6.45) is -20.0. The molecule has 11 bridgehead atoms. The number of hydrogen-bond donors (Lipinski definition) is 18. The van der Waals surface area contributed by atoms with E-state index >= 15 is 14.4 Å². The smallest absolute Gasteiger partial charge is 0.330 e. The van der Waals surface area contributed by atoms with E-state index in [1.165, 1.54) is 40.8 Å². The molecular weight excluding hydrogens is 1550 g/mol. The molecule has 0 aliphatic carbocycles. The number of amides is 7. The van der Waals surface area contributed by atoms with E-state index in [4.69, 9.17) is 67.3 Å². The minimum atomic E-state index is -4.75. The second-order valence-corrected chi connectivity index (χ2v) is 31.4. The van der Waals surface area contributed by atoms with Crippen LogP contribution in [-0.2, 0) is 66.9 Å². The highest BCUT2D eigenvalue weighted by Gasteiger charge is 2.52. The van der Waals surface area contributed by atoms with Gasteiger partial charge in [0.1, 0.15) is 89.5 Å². The summed E-state index contributed by atoms with van der Waals surface area (Å²) in [5.41, 5.74) is 9.15. The number of aromatic hydroxyl groups is 3. The van der Waals surface area contributed by atoms with E-state index in [0.29, 0.717) is 5.56 Å². The number of carbonyl (C=O) groups is 8. The predicted molar refractivity (Wildman–Crippen MR) is 396 cm³/mol. The number of nitrogens with one attached hydrogen (secondary N) is 7. The lowest BCUT2D eigenvalue weighted by molar-refractivity contribution is -0.333. The molecule has 6 aromatic rings. The molecule has 2 fully saturated rings. The number of carboxylic acids is 1. The first kappa shape index (κ1) is 83.9. The molecule has 0 aromatic heterocycles. The highest BCUT2D eigenvalue weighted by Crippen LogP contribution is 2.50. The van der Waals surface area contributed by atoms with E-state index in [0.717, 1.165) is 72.8 Å². The van der Waals surface area contributed by atoms with Gasteiger partial charge in [-0.25, -0.2) is 4.79 Å². The van der Waals surface area contributed by atoms with Crippen LogP contribution in [-0.4, -0.2) is 194 Å². The number of rotatable bonds is 16. The third kappa shape index (κ3) is 18.0. The average Bonchev–Trinajstić information content (AvgIpc) is 0.770. The Morgan fingerprint density at radius 1 is 0.699 bits per heavy atom. The molecule has 35 nitrogen and oxygen atoms in total. The van der Waals surface area contributed by atoms with Gasteiger partial charge < -0.3 is 123 Å². The van der Waals surface area contributed by atoms with Gasteiger partial charge in [-0.2, -0.15) is 8.42 Å². The molecule has 113 heavy (non-hydrogen) atoms. The molecule has 18 atom stereocenters. The maximum atomic E-state index is 16.2. The highest BCUT2D eigenvalue weighted by atomic mass is 35.5. The Morgan fingerprint density at radius 3 is 1.88 bits per heavy atom. The summed E-state index contributed by atoms with van der Waals surface area (Å²) < 4.78 is 73.3. The van der Waals surface area contributed by atoms with Gasteiger partial charge in [-0.3, -0.25) is 37.7 Å². The number of ether oxygens (including phenoxy) is 6. The number of aliphatic hydroxyl groups is 5. The van der Waals surface area contributed by atoms with E-state index < -0.39 is 258 Å². The lowest BCUT2D eigenvalue weighted by Crippen LogP contribution is -2.64. The van der Waals surface area contributed by atoms with Gasteiger partial charge in [0, 0.05) is 34.7 Å². The molecule has 6 aromatic carbocycles. The van der Waals surface area contributed by atoms with Crippen molar-refractivity contribution in [1.82, 2.24) is 37.2 Å². The summed E-state index contributed by atoms with van der Waals surface area (Å²) in [6.45, 7) is 10.3. The number of likely N-dealkylation sites (N-methyl/N-ethyl adjacent to an activating group) is 1. The van der Waals surface area contributed by atoms with E-state index in [9.17, 15) is 78.3 Å². The molecule has 0 radical (unpaired) electrons. The summed E-state index contributed by atoms with van der Waals surface area (Å²) in [5.74, 6) is -16.6. The molecule has 38 heteroatoms. The average molecular weight is 1630 g/mol. The molecule has 606 valence electrons. The topological polar surface area (TPSA) is 554 Å². The molecule has 7 amide bonds. The fourth-order valence-electron chi connectivity index (χ4n) is 14.3.